The highest BCUT2D eigenvalue weighted by Gasteiger charge is 2.15. The van der Waals surface area contributed by atoms with E-state index >= 15 is 0 Å². The summed E-state index contributed by atoms with van der Waals surface area (Å²) in [7, 11) is 3.13. The van der Waals surface area contributed by atoms with Gasteiger partial charge < -0.3 is 19.2 Å². The van der Waals surface area contributed by atoms with Crippen LogP contribution >= 0.6 is 0 Å². The van der Waals surface area contributed by atoms with Gasteiger partial charge in [-0.3, -0.25) is 4.79 Å². The molecule has 0 aliphatic carbocycles. The average molecular weight is 291 g/mol. The van der Waals surface area contributed by atoms with Crippen LogP contribution in [-0.4, -0.2) is 59.5 Å². The number of aliphatic hydroxyl groups excluding tert-OH is 1. The molecule has 1 N–H and O–H groups in total. The van der Waals surface area contributed by atoms with Gasteiger partial charge in [0.25, 0.3) is 5.91 Å². The Balaban J connectivity index is 2.02. The van der Waals surface area contributed by atoms with Crippen molar-refractivity contribution >= 4 is 5.91 Å². The lowest BCUT2D eigenvalue weighted by Gasteiger charge is -2.20. The summed E-state index contributed by atoms with van der Waals surface area (Å²) in [5, 5.41) is 17.0. The molecule has 1 aromatic heterocycles. The van der Waals surface area contributed by atoms with Gasteiger partial charge in [0.1, 0.15) is 0 Å². The van der Waals surface area contributed by atoms with Crippen LogP contribution in [0.3, 0.4) is 0 Å². The quantitative estimate of drug-likeness (QED) is 0.847. The van der Waals surface area contributed by atoms with Crippen LogP contribution in [0.1, 0.15) is 10.4 Å². The average Bonchev–Trinajstić information content (AvgIpc) is 3.01. The third-order valence-corrected chi connectivity index (χ3v) is 2.93. The highest BCUT2D eigenvalue weighted by Crippen LogP contribution is 2.17. The highest BCUT2D eigenvalue weighted by molar-refractivity contribution is 5.94. The summed E-state index contributed by atoms with van der Waals surface area (Å²) < 4.78 is 9.92. The molecule has 0 radical (unpaired) electrons. The predicted molar refractivity (Wildman–Crippen MR) is 74.6 cm³/mol. The van der Waals surface area contributed by atoms with Gasteiger partial charge in [0.05, 0.1) is 12.7 Å². The summed E-state index contributed by atoms with van der Waals surface area (Å²) in [4.78, 5) is 13.7. The number of hydrogen-bond donors (Lipinski definition) is 1. The van der Waals surface area contributed by atoms with Gasteiger partial charge in [-0.2, -0.15) is 0 Å². The van der Waals surface area contributed by atoms with E-state index < -0.39 is 6.10 Å². The maximum atomic E-state index is 12.2. The van der Waals surface area contributed by atoms with E-state index in [1.54, 1.807) is 31.3 Å². The van der Waals surface area contributed by atoms with Crippen molar-refractivity contribution in [1.29, 1.82) is 0 Å². The number of methoxy groups -OCH3 is 1. The van der Waals surface area contributed by atoms with E-state index in [1.807, 2.05) is 0 Å². The number of aliphatic hydroxyl groups is 1. The minimum absolute atomic E-state index is 0.178. The maximum Gasteiger partial charge on any atom is 0.253 e. The molecule has 21 heavy (non-hydrogen) atoms. The summed E-state index contributed by atoms with van der Waals surface area (Å²) in [5.41, 5.74) is 1.26. The van der Waals surface area contributed by atoms with Crippen LogP contribution < -0.4 is 0 Å². The van der Waals surface area contributed by atoms with E-state index in [9.17, 15) is 9.90 Å². The Morgan fingerprint density at radius 3 is 2.71 bits per heavy atom. The third kappa shape index (κ3) is 3.87. The van der Waals surface area contributed by atoms with E-state index in [0.717, 1.165) is 5.56 Å². The SMILES string of the molecule is COCC(O)CN(C)C(=O)c1ccc(-c2nnco2)cc1. The molecule has 1 heterocycles. The zero-order chi connectivity index (χ0) is 15.2. The fourth-order valence-corrected chi connectivity index (χ4v) is 1.92. The zero-order valence-electron chi connectivity index (χ0n) is 11.9. The molecular formula is C14H17N3O4. The van der Waals surface area contributed by atoms with Crippen molar-refractivity contribution in [1.82, 2.24) is 15.1 Å². The fraction of sp³-hybridized carbons (Fsp3) is 0.357. The Hall–Kier alpha value is -2.25. The second-order valence-electron chi connectivity index (χ2n) is 4.62. The van der Waals surface area contributed by atoms with Gasteiger partial charge in [-0.15, -0.1) is 10.2 Å². The summed E-state index contributed by atoms with van der Waals surface area (Å²) in [6.45, 7) is 0.395. The smallest absolute Gasteiger partial charge is 0.253 e. The van der Waals surface area contributed by atoms with E-state index in [2.05, 4.69) is 10.2 Å². The van der Waals surface area contributed by atoms with Gasteiger partial charge in [-0.05, 0) is 24.3 Å². The number of carbonyl (C=O) groups excluding carboxylic acids is 1. The van der Waals surface area contributed by atoms with Crippen molar-refractivity contribution in [3.8, 4) is 11.5 Å². The van der Waals surface area contributed by atoms with Gasteiger partial charge in [0.2, 0.25) is 12.3 Å². The first kappa shape index (κ1) is 15.1. The Labute approximate surface area is 122 Å². The van der Waals surface area contributed by atoms with E-state index in [1.165, 1.54) is 18.4 Å². The lowest BCUT2D eigenvalue weighted by molar-refractivity contribution is 0.0380. The number of carbonyl (C=O) groups is 1. The maximum absolute atomic E-state index is 12.2. The van der Waals surface area contributed by atoms with Gasteiger partial charge in [0.15, 0.2) is 0 Å². The van der Waals surface area contributed by atoms with Crippen molar-refractivity contribution in [2.45, 2.75) is 6.10 Å². The number of likely N-dealkylation sites (N-methyl/N-ethyl adjacent to an activating group) is 1. The third-order valence-electron chi connectivity index (χ3n) is 2.93. The van der Waals surface area contributed by atoms with Crippen LogP contribution in [0.15, 0.2) is 35.1 Å². The van der Waals surface area contributed by atoms with Crippen LogP contribution in [0.5, 0.6) is 0 Å². The minimum atomic E-state index is -0.707. The molecule has 0 fully saturated rings. The van der Waals surface area contributed by atoms with Crippen LogP contribution in [0.25, 0.3) is 11.5 Å². The summed E-state index contributed by atoms with van der Waals surface area (Å²) in [5.74, 6) is 0.222. The van der Waals surface area contributed by atoms with Gasteiger partial charge in [0, 0.05) is 31.8 Å². The molecule has 1 amide bonds. The van der Waals surface area contributed by atoms with Crippen molar-refractivity contribution in [2.75, 3.05) is 27.3 Å². The van der Waals surface area contributed by atoms with Crippen LogP contribution in [0.2, 0.25) is 0 Å². The standard InChI is InChI=1S/C14H17N3O4/c1-17(7-12(18)8-20-2)14(19)11-5-3-10(4-6-11)13-16-15-9-21-13/h3-6,9,12,18H,7-8H2,1-2H3. The molecule has 0 bridgehead atoms. The Morgan fingerprint density at radius 2 is 2.14 bits per heavy atom. The molecule has 112 valence electrons. The predicted octanol–water partition coefficient (Wildman–Crippen LogP) is 0.816. The fourth-order valence-electron chi connectivity index (χ4n) is 1.92. The molecule has 2 rings (SSSR count). The molecule has 0 aliphatic heterocycles. The van der Waals surface area contributed by atoms with E-state index in [-0.39, 0.29) is 19.1 Å². The van der Waals surface area contributed by atoms with Crippen molar-refractivity contribution < 1.29 is 19.1 Å². The molecule has 0 spiro atoms. The number of rotatable bonds is 6. The lowest BCUT2D eigenvalue weighted by atomic mass is 10.1. The molecule has 1 unspecified atom stereocenters. The molecule has 1 atom stereocenters. The Bertz CT molecular complexity index is 568. The molecule has 0 aliphatic rings. The second-order valence-corrected chi connectivity index (χ2v) is 4.62. The number of hydrogen-bond acceptors (Lipinski definition) is 6. The summed E-state index contributed by atoms with van der Waals surface area (Å²) in [6, 6.07) is 6.84. The number of benzene rings is 1. The first-order valence-corrected chi connectivity index (χ1v) is 6.41. The molecule has 7 nitrogen and oxygen atoms in total. The second kappa shape index (κ2) is 6.96. The molecular weight excluding hydrogens is 274 g/mol. The first-order chi connectivity index (χ1) is 10.1. The minimum Gasteiger partial charge on any atom is -0.423 e. The molecule has 7 heteroatoms. The van der Waals surface area contributed by atoms with Crippen molar-refractivity contribution in [3.05, 3.63) is 36.2 Å². The monoisotopic (exact) mass is 291 g/mol. The number of ether oxygens (including phenoxy) is 1. The molecule has 0 saturated carbocycles. The summed E-state index contributed by atoms with van der Waals surface area (Å²) in [6.07, 6.45) is 0.543. The Kier molecular flexibility index (Phi) is 5.02. The van der Waals surface area contributed by atoms with Gasteiger partial charge in [-0.25, -0.2) is 0 Å². The van der Waals surface area contributed by atoms with Crippen LogP contribution in [-0.2, 0) is 4.74 Å². The number of aromatic nitrogens is 2. The van der Waals surface area contributed by atoms with Gasteiger partial charge in [-0.1, -0.05) is 0 Å². The Morgan fingerprint density at radius 1 is 1.43 bits per heavy atom. The molecule has 2 aromatic rings. The zero-order valence-corrected chi connectivity index (χ0v) is 11.9. The molecule has 0 saturated heterocycles. The lowest BCUT2D eigenvalue weighted by Crippen LogP contribution is -2.36. The van der Waals surface area contributed by atoms with Crippen LogP contribution in [0, 0.1) is 0 Å². The first-order valence-electron chi connectivity index (χ1n) is 6.41. The summed E-state index contributed by atoms with van der Waals surface area (Å²) >= 11 is 0. The van der Waals surface area contributed by atoms with Crippen LogP contribution in [0.4, 0.5) is 0 Å². The normalized spacial score (nSPS) is 12.1. The van der Waals surface area contributed by atoms with E-state index in [4.69, 9.17) is 9.15 Å². The largest absolute Gasteiger partial charge is 0.423 e. The topological polar surface area (TPSA) is 88.7 Å². The highest BCUT2D eigenvalue weighted by atomic mass is 16.5. The van der Waals surface area contributed by atoms with Crippen molar-refractivity contribution in [3.63, 3.8) is 0 Å². The molecule has 1 aromatic carbocycles. The van der Waals surface area contributed by atoms with E-state index in [0.29, 0.717) is 11.5 Å². The number of nitrogens with zero attached hydrogens (tertiary/aromatic N) is 3. The number of amides is 1. The van der Waals surface area contributed by atoms with Crippen molar-refractivity contribution in [2.24, 2.45) is 0 Å². The van der Waals surface area contributed by atoms with Gasteiger partial charge >= 0.3 is 0 Å².